The van der Waals surface area contributed by atoms with Crippen molar-refractivity contribution in [2.24, 2.45) is 5.73 Å². The third-order valence-corrected chi connectivity index (χ3v) is 4.25. The number of anilines is 1. The van der Waals surface area contributed by atoms with Gasteiger partial charge in [0.1, 0.15) is 0 Å². The molecule has 6 nitrogen and oxygen atoms in total. The second-order valence-corrected chi connectivity index (χ2v) is 6.63. The van der Waals surface area contributed by atoms with Gasteiger partial charge in [0.2, 0.25) is 11.8 Å². The van der Waals surface area contributed by atoms with Crippen molar-refractivity contribution in [1.82, 2.24) is 9.80 Å². The van der Waals surface area contributed by atoms with Crippen molar-refractivity contribution in [3.8, 4) is 0 Å². The average Bonchev–Trinajstić information content (AvgIpc) is 2.54. The first-order chi connectivity index (χ1) is 11.4. The number of nitrogens with two attached hydrogens (primary N) is 1. The van der Waals surface area contributed by atoms with E-state index < -0.39 is 0 Å². The van der Waals surface area contributed by atoms with Crippen molar-refractivity contribution < 1.29 is 9.59 Å². The number of carbonyl (C=O) groups excluding carboxylic acids is 2. The van der Waals surface area contributed by atoms with Crippen LogP contribution in [0.5, 0.6) is 0 Å². The lowest BCUT2D eigenvalue weighted by Crippen LogP contribution is -2.47. The zero-order valence-corrected chi connectivity index (χ0v) is 14.6. The molecule has 3 N–H and O–H groups in total. The van der Waals surface area contributed by atoms with E-state index in [1.165, 1.54) is 0 Å². The third kappa shape index (κ3) is 5.94. The van der Waals surface area contributed by atoms with Crippen LogP contribution in [0, 0.1) is 0 Å². The van der Waals surface area contributed by atoms with E-state index in [-0.39, 0.29) is 17.9 Å². The fourth-order valence-corrected chi connectivity index (χ4v) is 2.68. The second kappa shape index (κ2) is 8.80. The van der Waals surface area contributed by atoms with E-state index in [1.807, 2.05) is 36.1 Å². The van der Waals surface area contributed by atoms with Crippen LogP contribution < -0.4 is 11.1 Å². The number of hydrogen-bond acceptors (Lipinski definition) is 4. The Morgan fingerprint density at radius 3 is 2.62 bits per heavy atom. The van der Waals surface area contributed by atoms with Crippen molar-refractivity contribution in [3.63, 3.8) is 0 Å². The summed E-state index contributed by atoms with van der Waals surface area (Å²) < 4.78 is 0. The average molecular weight is 332 g/mol. The zero-order chi connectivity index (χ0) is 17.5. The Labute approximate surface area is 144 Å². The molecule has 0 radical (unpaired) electrons. The molecule has 2 rings (SSSR count). The fraction of sp³-hybridized carbons (Fsp3) is 0.556. The first-order valence-corrected chi connectivity index (χ1v) is 8.54. The molecular formula is C18H28N4O2. The molecule has 1 aliphatic rings. The number of nitrogens with one attached hydrogen (secondary N) is 1. The van der Waals surface area contributed by atoms with Crippen LogP contribution in [0.15, 0.2) is 24.3 Å². The molecule has 0 saturated carbocycles. The topological polar surface area (TPSA) is 78.7 Å². The maximum atomic E-state index is 12.4. The Bertz CT molecular complexity index is 566. The van der Waals surface area contributed by atoms with Gasteiger partial charge in [0.25, 0.3) is 0 Å². The van der Waals surface area contributed by atoms with E-state index in [0.29, 0.717) is 19.3 Å². The summed E-state index contributed by atoms with van der Waals surface area (Å²) in [4.78, 5) is 28.4. The van der Waals surface area contributed by atoms with Gasteiger partial charge in [-0.2, -0.15) is 0 Å². The van der Waals surface area contributed by atoms with Gasteiger partial charge in [-0.3, -0.25) is 9.59 Å². The van der Waals surface area contributed by atoms with Crippen LogP contribution in [0.4, 0.5) is 5.69 Å². The highest BCUT2D eigenvalue weighted by molar-refractivity contribution is 5.91. The summed E-state index contributed by atoms with van der Waals surface area (Å²) in [6, 6.07) is 7.52. The number of nitrogens with zero attached hydrogens (tertiary/aromatic N) is 2. The van der Waals surface area contributed by atoms with E-state index in [0.717, 1.165) is 37.4 Å². The molecule has 1 fully saturated rings. The molecule has 1 heterocycles. The van der Waals surface area contributed by atoms with Crippen LogP contribution in [0.3, 0.4) is 0 Å². The van der Waals surface area contributed by atoms with E-state index in [2.05, 4.69) is 17.3 Å². The lowest BCUT2D eigenvalue weighted by atomic mass is 10.1. The molecule has 1 atom stereocenters. The highest BCUT2D eigenvalue weighted by Crippen LogP contribution is 2.13. The number of amides is 2. The number of piperazine rings is 1. The number of rotatable bonds is 6. The largest absolute Gasteiger partial charge is 0.340 e. The number of benzene rings is 1. The highest BCUT2D eigenvalue weighted by atomic mass is 16.2. The minimum atomic E-state index is -0.0464. The monoisotopic (exact) mass is 332 g/mol. The smallest absolute Gasteiger partial charge is 0.227 e. The van der Waals surface area contributed by atoms with Gasteiger partial charge in [0.05, 0.1) is 6.42 Å². The van der Waals surface area contributed by atoms with Crippen LogP contribution in [0.25, 0.3) is 0 Å². The summed E-state index contributed by atoms with van der Waals surface area (Å²) in [6.07, 6.45) is 1.43. The van der Waals surface area contributed by atoms with E-state index in [9.17, 15) is 9.59 Å². The number of likely N-dealkylation sites (N-methyl/N-ethyl adjacent to an activating group) is 1. The third-order valence-electron chi connectivity index (χ3n) is 4.25. The Kier molecular flexibility index (Phi) is 6.75. The lowest BCUT2D eigenvalue weighted by molar-refractivity contribution is -0.132. The van der Waals surface area contributed by atoms with Gasteiger partial charge in [-0.05, 0) is 38.1 Å². The first-order valence-electron chi connectivity index (χ1n) is 8.54. The van der Waals surface area contributed by atoms with Crippen molar-refractivity contribution in [2.45, 2.75) is 32.2 Å². The van der Waals surface area contributed by atoms with Gasteiger partial charge in [-0.1, -0.05) is 12.1 Å². The summed E-state index contributed by atoms with van der Waals surface area (Å²) in [5, 5.41) is 2.87. The zero-order valence-electron chi connectivity index (χ0n) is 14.6. The van der Waals surface area contributed by atoms with Gasteiger partial charge < -0.3 is 20.9 Å². The number of hydrogen-bond donors (Lipinski definition) is 2. The summed E-state index contributed by atoms with van der Waals surface area (Å²) >= 11 is 0. The molecule has 0 spiro atoms. The second-order valence-electron chi connectivity index (χ2n) is 6.63. The summed E-state index contributed by atoms with van der Waals surface area (Å²) in [5.74, 6) is 0.0957. The number of carbonyl (C=O) groups is 2. The predicted molar refractivity (Wildman–Crippen MR) is 95.7 cm³/mol. The molecule has 2 amide bonds. The first kappa shape index (κ1) is 18.4. The molecule has 1 aromatic carbocycles. The Morgan fingerprint density at radius 1 is 1.25 bits per heavy atom. The molecule has 6 heteroatoms. The van der Waals surface area contributed by atoms with Crippen molar-refractivity contribution >= 4 is 17.5 Å². The van der Waals surface area contributed by atoms with E-state index in [4.69, 9.17) is 5.73 Å². The van der Waals surface area contributed by atoms with Crippen LogP contribution in [0.1, 0.15) is 25.3 Å². The van der Waals surface area contributed by atoms with Crippen LogP contribution in [-0.2, 0) is 16.0 Å². The molecule has 1 unspecified atom stereocenters. The van der Waals surface area contributed by atoms with Gasteiger partial charge in [0, 0.05) is 44.3 Å². The van der Waals surface area contributed by atoms with Gasteiger partial charge >= 0.3 is 0 Å². The summed E-state index contributed by atoms with van der Waals surface area (Å²) in [5.41, 5.74) is 7.32. The maximum Gasteiger partial charge on any atom is 0.227 e. The molecule has 1 saturated heterocycles. The Hall–Kier alpha value is -1.92. The van der Waals surface area contributed by atoms with Crippen LogP contribution in [-0.4, -0.2) is 60.9 Å². The molecule has 1 aliphatic heterocycles. The van der Waals surface area contributed by atoms with Crippen molar-refractivity contribution in [1.29, 1.82) is 0 Å². The van der Waals surface area contributed by atoms with Crippen LogP contribution >= 0.6 is 0 Å². The predicted octanol–water partition coefficient (Wildman–Crippen LogP) is 1.07. The molecule has 0 bridgehead atoms. The van der Waals surface area contributed by atoms with Crippen molar-refractivity contribution in [3.05, 3.63) is 29.8 Å². The normalized spacial score (nSPS) is 16.7. The van der Waals surface area contributed by atoms with Gasteiger partial charge in [-0.15, -0.1) is 0 Å². The SMILES string of the molecule is CC(N)CCC(=O)Nc1cccc(CC(=O)N2CCN(C)CC2)c1. The summed E-state index contributed by atoms with van der Waals surface area (Å²) in [6.45, 7) is 5.28. The standard InChI is InChI=1S/C18H28N4O2/c1-14(19)6-7-17(23)20-16-5-3-4-15(12-16)13-18(24)22-10-8-21(2)9-11-22/h3-5,12,14H,6-11,13,19H2,1-2H3,(H,20,23). The molecule has 24 heavy (non-hydrogen) atoms. The highest BCUT2D eigenvalue weighted by Gasteiger charge is 2.19. The maximum absolute atomic E-state index is 12.4. The van der Waals surface area contributed by atoms with Gasteiger partial charge in [-0.25, -0.2) is 0 Å². The Balaban J connectivity index is 1.88. The van der Waals surface area contributed by atoms with Crippen LogP contribution in [0.2, 0.25) is 0 Å². The van der Waals surface area contributed by atoms with Crippen molar-refractivity contribution in [2.75, 3.05) is 38.5 Å². The molecular weight excluding hydrogens is 304 g/mol. The molecule has 132 valence electrons. The van der Waals surface area contributed by atoms with E-state index >= 15 is 0 Å². The minimum absolute atomic E-state index is 0.0169. The molecule has 0 aromatic heterocycles. The minimum Gasteiger partial charge on any atom is -0.340 e. The summed E-state index contributed by atoms with van der Waals surface area (Å²) in [7, 11) is 2.07. The Morgan fingerprint density at radius 2 is 1.96 bits per heavy atom. The fourth-order valence-electron chi connectivity index (χ4n) is 2.68. The van der Waals surface area contributed by atoms with E-state index in [1.54, 1.807) is 0 Å². The molecule has 0 aliphatic carbocycles. The molecule has 1 aromatic rings. The lowest BCUT2D eigenvalue weighted by Gasteiger charge is -2.32. The quantitative estimate of drug-likeness (QED) is 0.817. The van der Waals surface area contributed by atoms with Gasteiger partial charge in [0.15, 0.2) is 0 Å².